The number of nitrogens with zero attached hydrogens (tertiary/aromatic N) is 1. The summed E-state index contributed by atoms with van der Waals surface area (Å²) in [6.07, 6.45) is -3.14. The first kappa shape index (κ1) is 83.3. The van der Waals surface area contributed by atoms with Crippen molar-refractivity contribution in [1.29, 1.82) is 0 Å². The normalized spacial score (nSPS) is 16.9. The van der Waals surface area contributed by atoms with Crippen LogP contribution in [-0.4, -0.2) is 241 Å². The van der Waals surface area contributed by atoms with Crippen molar-refractivity contribution in [3.05, 3.63) is 0 Å². The van der Waals surface area contributed by atoms with Crippen molar-refractivity contribution in [2.45, 2.75) is 218 Å². The zero-order valence-electron chi connectivity index (χ0n) is 54.5. The van der Waals surface area contributed by atoms with Crippen molar-refractivity contribution >= 4 is 112 Å². The van der Waals surface area contributed by atoms with Crippen LogP contribution in [0, 0.1) is 11.8 Å². The molecule has 0 unspecified atom stereocenters. The van der Waals surface area contributed by atoms with Crippen LogP contribution >= 0.6 is 11.8 Å². The highest BCUT2D eigenvalue weighted by Gasteiger charge is 2.39. The third-order valence-corrected chi connectivity index (χ3v) is 15.1. The topological polar surface area (TPSA) is 565 Å². The number of likely N-dealkylation sites (tertiary alicyclic amines) is 1. The summed E-state index contributed by atoms with van der Waals surface area (Å²) in [4.78, 5) is 222. The van der Waals surface area contributed by atoms with Gasteiger partial charge in [0, 0.05) is 25.8 Å². The number of amides is 13. The maximum absolute atomic E-state index is 14.0. The van der Waals surface area contributed by atoms with Gasteiger partial charge in [0.05, 0.1) is 18.7 Å². The molecule has 1 saturated heterocycles. The second-order valence-electron chi connectivity index (χ2n) is 23.5. The Kier molecular flexibility index (Phi) is 36.4. The van der Waals surface area contributed by atoms with Crippen molar-refractivity contribution in [1.82, 2.24) is 68.7 Å². The number of hydrogen-bond acceptors (Lipinski definition) is 20. The van der Waals surface area contributed by atoms with Gasteiger partial charge in [0.15, 0.2) is 0 Å². The van der Waals surface area contributed by atoms with Crippen molar-refractivity contribution in [3.63, 3.8) is 0 Å². The third-order valence-electron chi connectivity index (χ3n) is 14.5. The predicted octanol–water partition coefficient (Wildman–Crippen LogP) is -5.63. The molecule has 1 aliphatic heterocycles. The van der Waals surface area contributed by atoms with Crippen molar-refractivity contribution in [2.75, 3.05) is 25.1 Å². The zero-order valence-corrected chi connectivity index (χ0v) is 55.4. The fourth-order valence-electron chi connectivity index (χ4n) is 8.92. The maximum Gasteiger partial charge on any atom is 0.325 e. The molecule has 14 atom stereocenters. The number of hydrogen-bond donors (Lipinski definition) is 18. The van der Waals surface area contributed by atoms with Crippen LogP contribution in [0.3, 0.4) is 0 Å². The second kappa shape index (κ2) is 41.1. The minimum atomic E-state index is -1.74. The van der Waals surface area contributed by atoms with Crippen LogP contribution in [-0.2, 0) is 81.5 Å². The average Bonchev–Trinajstić information content (AvgIpc) is 1.59. The fourth-order valence-corrected chi connectivity index (χ4v) is 9.41. The number of nitrogens with one attached hydrogen (secondary N) is 12. The molecule has 37 heteroatoms. The summed E-state index contributed by atoms with van der Waals surface area (Å²) < 4.78 is 0. The van der Waals surface area contributed by atoms with E-state index in [-0.39, 0.29) is 31.7 Å². The molecule has 36 nitrogen and oxygen atoms in total. The number of rotatable bonds is 42. The van der Waals surface area contributed by atoms with E-state index in [9.17, 15) is 102 Å². The molecule has 19 N–H and O–H groups in total. The van der Waals surface area contributed by atoms with E-state index in [1.165, 1.54) is 60.2 Å². The Morgan fingerprint density at radius 1 is 0.457 bits per heavy atom. The van der Waals surface area contributed by atoms with Crippen LogP contribution in [0.5, 0.6) is 0 Å². The summed E-state index contributed by atoms with van der Waals surface area (Å²) >= 11 is 1.47. The van der Waals surface area contributed by atoms with Gasteiger partial charge in [-0.2, -0.15) is 11.8 Å². The standard InChI is InChI=1S/C57H94N14O22S/c1-25(2)23-37(53(88)65-35(15-18-41(76)77)51(86)63-29(7)46(81)60-27(5)47(82)64-31(9)57(92)93)68-52(87)36(16-19-42(78)79)66-54(89)38-13-12-21-71(38)39(73)24-59-50(85)34(14-17-40(74)75)67-55(90)43(26(3)4)69-56(91)44(32(10)72)70-48(83)30(8)61-45(80)28(6)62-49(84)33(58)20-22-94-11/h25-38,43-44,72H,12-24,58H2,1-11H3,(H,59,85)(H,60,81)(H,61,80)(H,62,84)(H,63,86)(H,64,82)(H,65,88)(H,66,89)(H,67,90)(H,68,87)(H,69,91)(H,70,83)(H,74,75)(H,76,77)(H,78,79)(H,92,93)/t27-,28-,29-,30-,31-,32+,33-,34-,35-,36-,37-,38-,43-,44-/m0/s1. The summed E-state index contributed by atoms with van der Waals surface area (Å²) in [6, 6.07) is -18.5. The Balaban J connectivity index is 3.28. The number of aliphatic hydroxyl groups excluding tert-OH is 1. The molecule has 1 fully saturated rings. The van der Waals surface area contributed by atoms with Crippen LogP contribution in [0.2, 0.25) is 0 Å². The van der Waals surface area contributed by atoms with Crippen molar-refractivity contribution < 1.29 is 107 Å². The molecule has 0 aliphatic carbocycles. The molecule has 1 heterocycles. The Labute approximate surface area is 547 Å². The monoisotopic (exact) mass is 1360 g/mol. The van der Waals surface area contributed by atoms with Crippen molar-refractivity contribution in [2.24, 2.45) is 17.6 Å². The van der Waals surface area contributed by atoms with Gasteiger partial charge in [-0.3, -0.25) is 81.5 Å². The van der Waals surface area contributed by atoms with Crippen LogP contribution in [0.25, 0.3) is 0 Å². The summed E-state index contributed by atoms with van der Waals surface area (Å²) in [6.45, 7) is 12.7. The number of aliphatic carboxylic acids is 4. The number of nitrogens with two attached hydrogens (primary N) is 1. The minimum absolute atomic E-state index is 0.0125. The van der Waals surface area contributed by atoms with Gasteiger partial charge in [-0.1, -0.05) is 27.7 Å². The second-order valence-corrected chi connectivity index (χ2v) is 24.5. The van der Waals surface area contributed by atoms with Crippen LogP contribution < -0.4 is 69.5 Å². The van der Waals surface area contributed by atoms with Gasteiger partial charge in [0.25, 0.3) is 0 Å². The first-order valence-electron chi connectivity index (χ1n) is 30.4. The fraction of sp³-hybridized carbons (Fsp3) is 0.702. The molecule has 1 rings (SSSR count). The van der Waals surface area contributed by atoms with E-state index in [4.69, 9.17) is 10.8 Å². The van der Waals surface area contributed by atoms with E-state index < -0.39 is 236 Å². The molecular weight excluding hydrogens is 1260 g/mol. The highest BCUT2D eigenvalue weighted by atomic mass is 32.2. The maximum atomic E-state index is 14.0. The first-order chi connectivity index (χ1) is 43.7. The number of carbonyl (C=O) groups is 17. The largest absolute Gasteiger partial charge is 0.481 e. The summed E-state index contributed by atoms with van der Waals surface area (Å²) in [5.74, 6) is -18.5. The number of carboxylic acids is 4. The smallest absolute Gasteiger partial charge is 0.325 e. The molecule has 0 aromatic heterocycles. The lowest BCUT2D eigenvalue weighted by Crippen LogP contribution is -2.62. The van der Waals surface area contributed by atoms with Crippen LogP contribution in [0.15, 0.2) is 0 Å². The van der Waals surface area contributed by atoms with Crippen molar-refractivity contribution in [3.8, 4) is 0 Å². The predicted molar refractivity (Wildman–Crippen MR) is 333 cm³/mol. The minimum Gasteiger partial charge on any atom is -0.481 e. The zero-order chi connectivity index (χ0) is 72.0. The Morgan fingerprint density at radius 2 is 0.840 bits per heavy atom. The molecule has 0 spiro atoms. The highest BCUT2D eigenvalue weighted by Crippen LogP contribution is 2.19. The molecule has 0 saturated carbocycles. The SMILES string of the molecule is CSCC[C@H](N)C(=O)N[C@@H](C)C(=O)N[C@@H](C)C(=O)N[C@H](C(=O)N[C@H](C(=O)N[C@@H](CCC(=O)O)C(=O)NCC(=O)N1CCC[C@H]1C(=O)N[C@@H](CCC(=O)O)C(=O)N[C@@H](CC(C)C)C(=O)N[C@@H](CCC(=O)O)C(=O)N[C@@H](C)C(=O)N[C@@H](C)C(=O)N[C@@H](C)C(=O)O)C(C)C)[C@@H](C)O. The van der Waals surface area contributed by atoms with Gasteiger partial charge >= 0.3 is 23.9 Å². The van der Waals surface area contributed by atoms with E-state index >= 15 is 0 Å². The lowest BCUT2D eigenvalue weighted by Gasteiger charge is -2.29. The van der Waals surface area contributed by atoms with Gasteiger partial charge < -0.3 is 100.0 Å². The number of carbonyl (C=O) groups excluding carboxylic acids is 13. The van der Waals surface area contributed by atoms with Gasteiger partial charge in [-0.05, 0) is 110 Å². The van der Waals surface area contributed by atoms with Gasteiger partial charge in [0.1, 0.15) is 72.5 Å². The van der Waals surface area contributed by atoms with Gasteiger partial charge in [-0.25, -0.2) is 0 Å². The van der Waals surface area contributed by atoms with Crippen LogP contribution in [0.4, 0.5) is 0 Å². The Bertz CT molecular complexity index is 2740. The molecule has 0 aromatic rings. The molecule has 0 radical (unpaired) electrons. The molecule has 0 aromatic carbocycles. The average molecular weight is 1360 g/mol. The molecule has 1 aliphatic rings. The number of carboxylic acid groups (broad SMARTS) is 4. The summed E-state index contributed by atoms with van der Waals surface area (Å²) in [5, 5.41) is 76.4. The molecule has 13 amide bonds. The lowest BCUT2D eigenvalue weighted by molar-refractivity contribution is -0.142. The first-order valence-corrected chi connectivity index (χ1v) is 31.8. The van der Waals surface area contributed by atoms with E-state index in [1.54, 1.807) is 13.8 Å². The molecule has 530 valence electrons. The summed E-state index contributed by atoms with van der Waals surface area (Å²) in [7, 11) is 0. The highest BCUT2D eigenvalue weighted by molar-refractivity contribution is 7.98. The van der Waals surface area contributed by atoms with Gasteiger partial charge in [-0.15, -0.1) is 0 Å². The van der Waals surface area contributed by atoms with E-state index in [2.05, 4.69) is 63.8 Å². The molecule has 94 heavy (non-hydrogen) atoms. The Morgan fingerprint density at radius 3 is 1.29 bits per heavy atom. The van der Waals surface area contributed by atoms with Gasteiger partial charge in [0.2, 0.25) is 76.8 Å². The number of aliphatic hydroxyl groups is 1. The molecule has 0 bridgehead atoms. The van der Waals surface area contributed by atoms with E-state index in [1.807, 2.05) is 6.26 Å². The number of thioether (sulfide) groups is 1. The lowest BCUT2D eigenvalue weighted by atomic mass is 10.0. The van der Waals surface area contributed by atoms with E-state index in [0.29, 0.717) is 12.2 Å². The Hall–Kier alpha value is -8.74. The van der Waals surface area contributed by atoms with E-state index in [0.717, 1.165) is 11.8 Å². The third kappa shape index (κ3) is 29.9. The van der Waals surface area contributed by atoms with Crippen LogP contribution in [0.1, 0.15) is 133 Å². The summed E-state index contributed by atoms with van der Waals surface area (Å²) in [5.41, 5.74) is 5.87. The molecular formula is C57H94N14O22S. The quantitative estimate of drug-likeness (QED) is 0.0271.